The van der Waals surface area contributed by atoms with E-state index >= 15 is 0 Å². The third-order valence-corrected chi connectivity index (χ3v) is 8.39. The van der Waals surface area contributed by atoms with E-state index in [0.717, 1.165) is 48.5 Å². The van der Waals surface area contributed by atoms with Crippen LogP contribution in [0.25, 0.3) is 11.3 Å². The first-order valence-corrected chi connectivity index (χ1v) is 14.3. The molecule has 6 nitrogen and oxygen atoms in total. The average molecular weight is 518 g/mol. The molecule has 1 aliphatic carbocycles. The number of benzene rings is 2. The van der Waals surface area contributed by atoms with Gasteiger partial charge < -0.3 is 10.5 Å². The Balaban J connectivity index is 1.54. The molecule has 1 aromatic heterocycles. The number of nitrogens with two attached hydrogens (primary N) is 1. The molecule has 4 bridgehead atoms. The Bertz CT molecular complexity index is 1210. The van der Waals surface area contributed by atoms with Crippen molar-refractivity contribution in [3.8, 4) is 17.1 Å². The summed E-state index contributed by atoms with van der Waals surface area (Å²) in [5, 5.41) is 0. The zero-order chi connectivity index (χ0) is 25.9. The van der Waals surface area contributed by atoms with Gasteiger partial charge in [-0.25, -0.2) is 4.98 Å². The Hall–Kier alpha value is -2.61. The molecular weight excluding hydrogens is 478 g/mol. The predicted molar refractivity (Wildman–Crippen MR) is 153 cm³/mol. The summed E-state index contributed by atoms with van der Waals surface area (Å²) in [6, 6.07) is 18.0. The molecule has 1 aliphatic heterocycles. The van der Waals surface area contributed by atoms with Gasteiger partial charge in [0, 0.05) is 35.2 Å². The zero-order valence-electron chi connectivity index (χ0n) is 22.4. The van der Waals surface area contributed by atoms with E-state index in [-0.39, 0.29) is 6.04 Å². The Morgan fingerprint density at radius 2 is 1.84 bits per heavy atom. The fraction of sp³-hybridized carbons (Fsp3) is 0.467. The summed E-state index contributed by atoms with van der Waals surface area (Å²) in [4.78, 5) is 13.5. The smallest absolute Gasteiger partial charge is 0.237 e. The Labute approximate surface area is 225 Å². The van der Waals surface area contributed by atoms with Crippen molar-refractivity contribution >= 4 is 17.9 Å². The Morgan fingerprint density at radius 3 is 2.57 bits per heavy atom. The van der Waals surface area contributed by atoms with E-state index in [9.17, 15) is 0 Å². The number of nitrogens with one attached hydrogen (secondary N) is 1. The van der Waals surface area contributed by atoms with Crippen molar-refractivity contribution in [1.82, 2.24) is 14.9 Å². The summed E-state index contributed by atoms with van der Waals surface area (Å²) >= 11 is 1.54. The first kappa shape index (κ1) is 26.0. The van der Waals surface area contributed by atoms with Crippen molar-refractivity contribution in [3.05, 3.63) is 65.2 Å². The fourth-order valence-corrected chi connectivity index (χ4v) is 6.32. The molecule has 1 fully saturated rings. The normalized spacial score (nSPS) is 22.2. The van der Waals surface area contributed by atoms with E-state index in [1.807, 2.05) is 6.07 Å². The Morgan fingerprint density at radius 1 is 1.08 bits per heavy atom. The van der Waals surface area contributed by atoms with Crippen LogP contribution >= 0.6 is 11.9 Å². The number of rotatable bonds is 5. The summed E-state index contributed by atoms with van der Waals surface area (Å²) in [5.74, 6) is 2.37. The lowest BCUT2D eigenvalue weighted by molar-refractivity contribution is 0.0103. The van der Waals surface area contributed by atoms with Crippen molar-refractivity contribution in [3.63, 3.8) is 0 Å². The van der Waals surface area contributed by atoms with Gasteiger partial charge in [-0.15, -0.1) is 0 Å². The molecule has 37 heavy (non-hydrogen) atoms. The van der Waals surface area contributed by atoms with Crippen LogP contribution < -0.4 is 15.2 Å². The molecule has 5 rings (SSSR count). The molecule has 3 N–H and O–H groups in total. The molecule has 7 heteroatoms. The van der Waals surface area contributed by atoms with Crippen LogP contribution in [0.1, 0.15) is 49.8 Å². The van der Waals surface area contributed by atoms with Gasteiger partial charge in [0.2, 0.25) is 11.8 Å². The number of aromatic nitrogens is 2. The van der Waals surface area contributed by atoms with E-state index in [1.165, 1.54) is 16.7 Å². The maximum atomic E-state index is 6.51. The van der Waals surface area contributed by atoms with Crippen LogP contribution in [0.3, 0.4) is 0 Å². The second kappa shape index (κ2) is 11.4. The number of aryl methyl sites for hydroxylation is 2. The number of hydrogen-bond acceptors (Lipinski definition) is 7. The highest BCUT2D eigenvalue weighted by atomic mass is 32.2. The van der Waals surface area contributed by atoms with E-state index in [1.54, 1.807) is 11.9 Å². The molecular formula is C30H39N5OS. The molecule has 3 aromatic rings. The topological polar surface area (TPSA) is 76.3 Å². The highest BCUT2D eigenvalue weighted by molar-refractivity contribution is 8.00. The van der Waals surface area contributed by atoms with E-state index in [4.69, 9.17) is 20.4 Å². The van der Waals surface area contributed by atoms with Gasteiger partial charge in [0.15, 0.2) is 0 Å². The van der Waals surface area contributed by atoms with Crippen LogP contribution in [0.2, 0.25) is 0 Å². The summed E-state index contributed by atoms with van der Waals surface area (Å²) in [6.45, 7) is 11.1. The lowest BCUT2D eigenvalue weighted by Gasteiger charge is -2.46. The van der Waals surface area contributed by atoms with Crippen molar-refractivity contribution in [2.75, 3.05) is 17.9 Å². The van der Waals surface area contributed by atoms with E-state index in [0.29, 0.717) is 36.3 Å². The highest BCUT2D eigenvalue weighted by Crippen LogP contribution is 2.36. The number of ether oxygens (including phenoxy) is 1. The van der Waals surface area contributed by atoms with Gasteiger partial charge in [0.05, 0.1) is 5.69 Å². The average Bonchev–Trinajstić information content (AvgIpc) is 2.84. The van der Waals surface area contributed by atoms with Gasteiger partial charge in [-0.3, -0.25) is 9.62 Å². The lowest BCUT2D eigenvalue weighted by Crippen LogP contribution is -2.52. The zero-order valence-corrected chi connectivity index (χ0v) is 23.2. The van der Waals surface area contributed by atoms with Gasteiger partial charge in [-0.05, 0) is 92.3 Å². The molecule has 0 radical (unpaired) electrons. The largest absolute Gasteiger partial charge is 0.476 e. The van der Waals surface area contributed by atoms with Crippen LogP contribution in [0.4, 0.5) is 5.95 Å². The second-order valence-electron chi connectivity index (χ2n) is 11.0. The Kier molecular flexibility index (Phi) is 8.03. The third kappa shape index (κ3) is 6.11. The standard InChI is InChI=1S/C30H39N5OS/c1-19(2)11-25-18-36-28-15-27(29-20(3)7-5-8-21(29)4)32-30(33-28)34-37-26-10-6-9-22(14-26)17-35(25)24-12-23(13-24)16-31/h5-10,14-15,19,23-25H,11-13,16-18,31H2,1-4H3,(H,32,33,34). The van der Waals surface area contributed by atoms with Crippen LogP contribution in [0.5, 0.6) is 5.88 Å². The van der Waals surface area contributed by atoms with Gasteiger partial charge in [-0.1, -0.05) is 44.2 Å². The second-order valence-corrected chi connectivity index (χ2v) is 11.9. The van der Waals surface area contributed by atoms with Crippen molar-refractivity contribution < 1.29 is 4.74 Å². The van der Waals surface area contributed by atoms with Crippen molar-refractivity contribution in [2.45, 2.75) is 70.5 Å². The molecule has 2 heterocycles. The van der Waals surface area contributed by atoms with Crippen LogP contribution in [-0.2, 0) is 6.54 Å². The monoisotopic (exact) mass is 517 g/mol. The molecule has 0 saturated heterocycles. The van der Waals surface area contributed by atoms with Gasteiger partial charge >= 0.3 is 0 Å². The fourth-order valence-electron chi connectivity index (χ4n) is 5.66. The number of fused-ring (bicyclic) bond motifs is 4. The summed E-state index contributed by atoms with van der Waals surface area (Å²) in [5.41, 5.74) is 11.7. The first-order chi connectivity index (χ1) is 17.9. The molecule has 2 aromatic carbocycles. The van der Waals surface area contributed by atoms with E-state index < -0.39 is 0 Å². The molecule has 0 amide bonds. The lowest BCUT2D eigenvalue weighted by atomic mass is 9.78. The van der Waals surface area contributed by atoms with Gasteiger partial charge in [0.1, 0.15) is 6.61 Å². The van der Waals surface area contributed by atoms with Gasteiger partial charge in [0.25, 0.3) is 0 Å². The van der Waals surface area contributed by atoms with Crippen molar-refractivity contribution in [2.24, 2.45) is 17.6 Å². The SMILES string of the molecule is Cc1cccc(C)c1-c1cc2nc(n1)NSc1cccc(c1)CN(C1CC(CN)C1)C(CC(C)C)CO2. The predicted octanol–water partition coefficient (Wildman–Crippen LogP) is 6.23. The number of nitrogens with zero attached hydrogens (tertiary/aromatic N) is 3. The number of hydrogen-bond donors (Lipinski definition) is 2. The minimum absolute atomic E-state index is 0.288. The summed E-state index contributed by atoms with van der Waals surface area (Å²) in [6.07, 6.45) is 3.39. The van der Waals surface area contributed by atoms with E-state index in [2.05, 4.69) is 79.8 Å². The number of anilines is 1. The minimum atomic E-state index is 0.288. The quantitative estimate of drug-likeness (QED) is 0.389. The summed E-state index contributed by atoms with van der Waals surface area (Å²) < 4.78 is 9.89. The third-order valence-electron chi connectivity index (χ3n) is 7.61. The maximum Gasteiger partial charge on any atom is 0.237 e. The molecule has 1 unspecified atom stereocenters. The van der Waals surface area contributed by atoms with Crippen LogP contribution in [-0.4, -0.2) is 40.1 Å². The van der Waals surface area contributed by atoms with Crippen LogP contribution in [0.15, 0.2) is 53.4 Å². The molecule has 196 valence electrons. The van der Waals surface area contributed by atoms with Gasteiger partial charge in [-0.2, -0.15) is 4.98 Å². The summed E-state index contributed by atoms with van der Waals surface area (Å²) in [7, 11) is 0. The van der Waals surface area contributed by atoms with Crippen LogP contribution in [0, 0.1) is 25.7 Å². The minimum Gasteiger partial charge on any atom is -0.476 e. The van der Waals surface area contributed by atoms with Crippen molar-refractivity contribution in [1.29, 1.82) is 0 Å². The molecule has 1 atom stereocenters. The molecule has 2 aliphatic rings. The molecule has 0 spiro atoms. The highest BCUT2D eigenvalue weighted by Gasteiger charge is 2.36. The maximum absolute atomic E-state index is 6.51. The first-order valence-electron chi connectivity index (χ1n) is 13.5. The molecule has 1 saturated carbocycles.